The van der Waals surface area contributed by atoms with Gasteiger partial charge in [-0.1, -0.05) is 48.2 Å². The van der Waals surface area contributed by atoms with Gasteiger partial charge in [-0.05, 0) is 36.4 Å². The van der Waals surface area contributed by atoms with Crippen molar-refractivity contribution in [2.75, 3.05) is 12.8 Å². The number of hydrogen-bond donors (Lipinski definition) is 0. The monoisotopic (exact) mass is 410 g/mol. The maximum atomic E-state index is 12.1. The molecule has 2 aromatic heterocycles. The van der Waals surface area contributed by atoms with Crippen LogP contribution in [-0.2, 0) is 17.9 Å². The van der Waals surface area contributed by atoms with Crippen LogP contribution in [0, 0.1) is 0 Å². The van der Waals surface area contributed by atoms with Crippen molar-refractivity contribution in [3.8, 4) is 10.6 Å². The molecule has 0 spiro atoms. The highest BCUT2D eigenvalue weighted by Gasteiger charge is 2.12. The van der Waals surface area contributed by atoms with Crippen LogP contribution in [-0.4, -0.2) is 33.6 Å². The first kappa shape index (κ1) is 20.5. The van der Waals surface area contributed by atoms with Gasteiger partial charge in [-0.15, -0.1) is 11.3 Å². The van der Waals surface area contributed by atoms with Crippen LogP contribution in [0.4, 0.5) is 0 Å². The molecule has 0 fully saturated rings. The molecule has 28 heavy (non-hydrogen) atoms. The zero-order chi connectivity index (χ0) is 19.9. The highest BCUT2D eigenvalue weighted by molar-refractivity contribution is 8.14. The van der Waals surface area contributed by atoms with E-state index < -0.39 is 0 Å². The van der Waals surface area contributed by atoms with Crippen molar-refractivity contribution < 1.29 is 9.59 Å². The number of carbonyl (C=O) groups excluding carboxylic acids is 2. The molecule has 0 bridgehead atoms. The molecule has 4 nitrogen and oxygen atoms in total. The quantitative estimate of drug-likeness (QED) is 0.494. The minimum Gasteiger partial charge on any atom is -0.298 e. The summed E-state index contributed by atoms with van der Waals surface area (Å²) in [6.45, 7) is 3.18. The van der Waals surface area contributed by atoms with Gasteiger partial charge < -0.3 is 0 Å². The van der Waals surface area contributed by atoms with Gasteiger partial charge in [0.05, 0.1) is 21.2 Å². The topological polar surface area (TPSA) is 50.3 Å². The van der Waals surface area contributed by atoms with Gasteiger partial charge in [0.1, 0.15) is 0 Å². The summed E-state index contributed by atoms with van der Waals surface area (Å²) in [5.74, 6) is 0.172. The number of thioether (sulfide) groups is 1. The number of rotatable bonds is 8. The maximum absolute atomic E-state index is 12.1. The molecule has 0 saturated carbocycles. The van der Waals surface area contributed by atoms with E-state index in [1.54, 1.807) is 0 Å². The van der Waals surface area contributed by atoms with Crippen LogP contribution >= 0.6 is 23.1 Å². The number of pyridine rings is 1. The first-order chi connectivity index (χ1) is 13.5. The number of carbonyl (C=O) groups is 2. The number of Topliss-reactive ketones (excluding diaryl/α,β-unsaturated/α-hetero) is 1. The Kier molecular flexibility index (Phi) is 7.14. The van der Waals surface area contributed by atoms with Crippen molar-refractivity contribution in [1.82, 2.24) is 9.88 Å². The van der Waals surface area contributed by atoms with Crippen LogP contribution in [0.5, 0.6) is 0 Å². The second-order valence-electron chi connectivity index (χ2n) is 6.58. The van der Waals surface area contributed by atoms with E-state index >= 15 is 0 Å². The Morgan fingerprint density at radius 1 is 1.00 bits per heavy atom. The standard InChI is InChI=1S/C22H22N2O2S2/c1-16(25)27-15-20(26)22-11-10-21(28-22)19-9-8-18(12-23-19)14-24(2)13-17-6-4-3-5-7-17/h3-12H,13-15H2,1-2H3. The van der Waals surface area contributed by atoms with Crippen molar-refractivity contribution >= 4 is 34.0 Å². The van der Waals surface area contributed by atoms with Crippen molar-refractivity contribution in [3.05, 3.63) is 76.8 Å². The molecule has 0 N–H and O–H groups in total. The molecular formula is C22H22N2O2S2. The third-order valence-corrected chi connectivity index (χ3v) is 6.07. The lowest BCUT2D eigenvalue weighted by Gasteiger charge is -2.16. The van der Waals surface area contributed by atoms with Crippen LogP contribution in [0.3, 0.4) is 0 Å². The first-order valence-corrected chi connectivity index (χ1v) is 10.8. The van der Waals surface area contributed by atoms with E-state index in [0.29, 0.717) is 4.88 Å². The molecule has 0 aliphatic carbocycles. The fraction of sp³-hybridized carbons (Fsp3) is 0.227. The Morgan fingerprint density at radius 2 is 1.75 bits per heavy atom. The Morgan fingerprint density at radius 3 is 2.43 bits per heavy atom. The molecule has 3 rings (SSSR count). The van der Waals surface area contributed by atoms with Crippen LogP contribution in [0.1, 0.15) is 27.7 Å². The average Bonchev–Trinajstić information content (AvgIpc) is 3.17. The van der Waals surface area contributed by atoms with Crippen LogP contribution in [0.15, 0.2) is 60.8 Å². The van der Waals surface area contributed by atoms with E-state index in [1.165, 1.54) is 23.8 Å². The molecule has 3 aromatic rings. The third kappa shape index (κ3) is 5.86. The summed E-state index contributed by atoms with van der Waals surface area (Å²) in [5, 5.41) is -0.0420. The van der Waals surface area contributed by atoms with Crippen molar-refractivity contribution in [2.24, 2.45) is 0 Å². The van der Waals surface area contributed by atoms with E-state index in [4.69, 9.17) is 0 Å². The molecule has 0 amide bonds. The lowest BCUT2D eigenvalue weighted by atomic mass is 10.2. The molecular weight excluding hydrogens is 388 g/mol. The molecule has 2 heterocycles. The van der Waals surface area contributed by atoms with E-state index in [0.717, 1.165) is 41.0 Å². The van der Waals surface area contributed by atoms with Gasteiger partial charge in [-0.2, -0.15) is 0 Å². The molecule has 0 unspecified atom stereocenters. The minimum absolute atomic E-state index is 0.0180. The average molecular weight is 411 g/mol. The van der Waals surface area contributed by atoms with Crippen molar-refractivity contribution in [3.63, 3.8) is 0 Å². The predicted molar refractivity (Wildman–Crippen MR) is 117 cm³/mol. The summed E-state index contributed by atoms with van der Waals surface area (Å²) in [7, 11) is 2.09. The van der Waals surface area contributed by atoms with E-state index in [1.807, 2.05) is 30.5 Å². The Labute approximate surface area is 173 Å². The number of ketones is 1. The number of benzene rings is 1. The largest absolute Gasteiger partial charge is 0.298 e. The zero-order valence-electron chi connectivity index (χ0n) is 15.9. The van der Waals surface area contributed by atoms with Crippen molar-refractivity contribution in [1.29, 1.82) is 0 Å². The molecule has 0 radical (unpaired) electrons. The number of hydrogen-bond acceptors (Lipinski definition) is 6. The van der Waals surface area contributed by atoms with Gasteiger partial charge in [0.2, 0.25) is 0 Å². The van der Waals surface area contributed by atoms with Gasteiger partial charge in [0.25, 0.3) is 0 Å². The fourth-order valence-corrected chi connectivity index (χ4v) is 4.29. The number of aromatic nitrogens is 1. The van der Waals surface area contributed by atoms with E-state index in [9.17, 15) is 9.59 Å². The Balaban J connectivity index is 1.60. The molecule has 1 aromatic carbocycles. The van der Waals surface area contributed by atoms with E-state index in [2.05, 4.69) is 47.3 Å². The summed E-state index contributed by atoms with van der Waals surface area (Å²) < 4.78 is 0. The van der Waals surface area contributed by atoms with Crippen molar-refractivity contribution in [2.45, 2.75) is 20.0 Å². The third-order valence-electron chi connectivity index (χ3n) is 4.11. The van der Waals surface area contributed by atoms with Crippen LogP contribution < -0.4 is 0 Å². The SMILES string of the molecule is CC(=O)SCC(=O)c1ccc(-c2ccc(CN(C)Cc3ccccc3)cn2)s1. The van der Waals surface area contributed by atoms with Gasteiger partial charge >= 0.3 is 0 Å². The Bertz CT molecular complexity index is 937. The molecule has 0 atom stereocenters. The summed E-state index contributed by atoms with van der Waals surface area (Å²) in [6, 6.07) is 18.2. The van der Waals surface area contributed by atoms with E-state index in [-0.39, 0.29) is 16.7 Å². The smallest absolute Gasteiger partial charge is 0.186 e. The summed E-state index contributed by atoms with van der Waals surface area (Å²) in [5.41, 5.74) is 3.29. The van der Waals surface area contributed by atoms with Gasteiger partial charge in [0.15, 0.2) is 10.9 Å². The second-order valence-corrected chi connectivity index (χ2v) is 8.81. The second kappa shape index (κ2) is 9.78. The summed E-state index contributed by atoms with van der Waals surface area (Å²) in [4.78, 5) is 31.6. The minimum atomic E-state index is -0.0420. The molecule has 0 aliphatic rings. The molecule has 144 valence electrons. The van der Waals surface area contributed by atoms with Gasteiger partial charge in [-0.3, -0.25) is 19.5 Å². The molecule has 0 aliphatic heterocycles. The zero-order valence-corrected chi connectivity index (χ0v) is 17.6. The first-order valence-electron chi connectivity index (χ1n) is 8.95. The highest BCUT2D eigenvalue weighted by Crippen LogP contribution is 2.27. The van der Waals surface area contributed by atoms with Crippen LogP contribution in [0.2, 0.25) is 0 Å². The predicted octanol–water partition coefficient (Wildman–Crippen LogP) is 4.90. The van der Waals surface area contributed by atoms with Gasteiger partial charge in [0, 0.05) is 26.2 Å². The summed E-state index contributed by atoms with van der Waals surface area (Å²) >= 11 is 2.47. The number of thiophene rings is 1. The normalized spacial score (nSPS) is 11.0. The highest BCUT2D eigenvalue weighted by atomic mass is 32.2. The maximum Gasteiger partial charge on any atom is 0.186 e. The molecule has 0 saturated heterocycles. The lowest BCUT2D eigenvalue weighted by molar-refractivity contribution is -0.109. The van der Waals surface area contributed by atoms with Gasteiger partial charge in [-0.25, -0.2) is 0 Å². The summed E-state index contributed by atoms with van der Waals surface area (Å²) in [6.07, 6.45) is 1.89. The Hall–Kier alpha value is -2.28. The number of nitrogens with zero attached hydrogens (tertiary/aromatic N) is 2. The lowest BCUT2D eigenvalue weighted by Crippen LogP contribution is -2.17. The molecule has 6 heteroatoms. The fourth-order valence-electron chi connectivity index (χ4n) is 2.79. The van der Waals surface area contributed by atoms with Crippen LogP contribution in [0.25, 0.3) is 10.6 Å².